The molecule has 2 aromatic rings. The highest BCUT2D eigenvalue weighted by molar-refractivity contribution is 6.05. The zero-order valence-electron chi connectivity index (χ0n) is 19.2. The second-order valence-electron chi connectivity index (χ2n) is 9.40. The zero-order valence-corrected chi connectivity index (χ0v) is 19.2. The molecule has 0 radical (unpaired) electrons. The van der Waals surface area contributed by atoms with Crippen molar-refractivity contribution in [2.24, 2.45) is 0 Å². The molecule has 33 heavy (non-hydrogen) atoms. The average Bonchev–Trinajstić information content (AvgIpc) is 3.11. The average molecular weight is 447 g/mol. The first-order valence-corrected chi connectivity index (χ1v) is 11.7. The maximum atomic E-state index is 13.0. The van der Waals surface area contributed by atoms with Gasteiger partial charge < -0.3 is 15.1 Å². The fraction of sp³-hybridized carbons (Fsp3) is 0.423. The standard InChI is InChI=1S/C26H30N4O3/c1-16-3-6-19-11-17(13-27-2)5-8-22(19)29(16)14-18-4-7-21-20(12-18)15-30(26(21)33)23-9-10-24(31)28-25(23)32/h4-5,7-8,11-12,16,23,27H,3,6,9-10,13-15H2,1-2H3,(H,28,31,32). The van der Waals surface area contributed by atoms with Crippen LogP contribution in [0.25, 0.3) is 0 Å². The highest BCUT2D eigenvalue weighted by atomic mass is 16.2. The van der Waals surface area contributed by atoms with E-state index in [9.17, 15) is 14.4 Å². The van der Waals surface area contributed by atoms with Gasteiger partial charge in [0.2, 0.25) is 11.8 Å². The van der Waals surface area contributed by atoms with Crippen LogP contribution >= 0.6 is 0 Å². The predicted molar refractivity (Wildman–Crippen MR) is 126 cm³/mol. The highest BCUT2D eigenvalue weighted by Crippen LogP contribution is 2.34. The van der Waals surface area contributed by atoms with Crippen LogP contribution in [-0.4, -0.2) is 41.8 Å². The SMILES string of the molecule is CNCc1ccc2c(c1)CCC(C)N2Cc1ccc2c(c1)CN(C1CCC(=O)NC1=O)C2=O. The van der Waals surface area contributed by atoms with E-state index in [1.54, 1.807) is 4.90 Å². The fourth-order valence-electron chi connectivity index (χ4n) is 5.35. The van der Waals surface area contributed by atoms with Gasteiger partial charge >= 0.3 is 0 Å². The summed E-state index contributed by atoms with van der Waals surface area (Å²) in [4.78, 5) is 40.8. The molecular weight excluding hydrogens is 416 g/mol. The van der Waals surface area contributed by atoms with Crippen LogP contribution in [0.4, 0.5) is 5.69 Å². The molecule has 3 aliphatic rings. The number of amides is 3. The van der Waals surface area contributed by atoms with Crippen molar-refractivity contribution in [2.75, 3.05) is 11.9 Å². The van der Waals surface area contributed by atoms with Gasteiger partial charge in [-0.05, 0) is 67.6 Å². The number of hydrogen-bond donors (Lipinski definition) is 2. The van der Waals surface area contributed by atoms with E-state index in [0.717, 1.165) is 37.1 Å². The number of rotatable bonds is 5. The predicted octanol–water partition coefficient (Wildman–Crippen LogP) is 2.51. The molecule has 2 N–H and O–H groups in total. The third-order valence-corrected chi connectivity index (χ3v) is 7.14. The number of imide groups is 1. The molecule has 5 rings (SSSR count). The molecule has 0 aliphatic carbocycles. The van der Waals surface area contributed by atoms with Gasteiger partial charge in [-0.15, -0.1) is 0 Å². The van der Waals surface area contributed by atoms with Crippen molar-refractivity contribution in [3.63, 3.8) is 0 Å². The van der Waals surface area contributed by atoms with E-state index in [1.807, 2.05) is 19.2 Å². The second-order valence-corrected chi connectivity index (χ2v) is 9.40. The van der Waals surface area contributed by atoms with Crippen LogP contribution in [0.15, 0.2) is 36.4 Å². The maximum absolute atomic E-state index is 13.0. The van der Waals surface area contributed by atoms with Crippen LogP contribution in [0.1, 0.15) is 58.8 Å². The number of benzene rings is 2. The number of anilines is 1. The van der Waals surface area contributed by atoms with Crippen molar-refractivity contribution in [3.05, 3.63) is 64.2 Å². The summed E-state index contributed by atoms with van der Waals surface area (Å²) < 4.78 is 0. The number of aryl methyl sites for hydroxylation is 1. The van der Waals surface area contributed by atoms with E-state index in [2.05, 4.69) is 46.7 Å². The molecule has 0 spiro atoms. The Morgan fingerprint density at radius 1 is 1.00 bits per heavy atom. The molecule has 1 fully saturated rings. The van der Waals surface area contributed by atoms with Crippen molar-refractivity contribution in [3.8, 4) is 0 Å². The maximum Gasteiger partial charge on any atom is 0.255 e. The molecule has 7 heteroatoms. The second kappa shape index (κ2) is 8.63. The van der Waals surface area contributed by atoms with Crippen molar-refractivity contribution in [1.82, 2.24) is 15.5 Å². The van der Waals surface area contributed by atoms with Crippen LogP contribution in [-0.2, 0) is 35.6 Å². The summed E-state index contributed by atoms with van der Waals surface area (Å²) in [6.07, 6.45) is 2.85. The van der Waals surface area contributed by atoms with Crippen LogP contribution in [0, 0.1) is 0 Å². The molecular formula is C26H30N4O3. The summed E-state index contributed by atoms with van der Waals surface area (Å²) in [6, 6.07) is 12.6. The number of carbonyl (C=O) groups is 3. The summed E-state index contributed by atoms with van der Waals surface area (Å²) in [5, 5.41) is 5.59. The molecule has 172 valence electrons. The van der Waals surface area contributed by atoms with Gasteiger partial charge in [0.1, 0.15) is 6.04 Å². The number of carbonyl (C=O) groups excluding carboxylic acids is 3. The monoisotopic (exact) mass is 446 g/mol. The van der Waals surface area contributed by atoms with E-state index >= 15 is 0 Å². The molecule has 3 heterocycles. The first-order valence-electron chi connectivity index (χ1n) is 11.7. The topological polar surface area (TPSA) is 81.8 Å². The van der Waals surface area contributed by atoms with Gasteiger partial charge in [-0.2, -0.15) is 0 Å². The number of nitrogens with zero attached hydrogens (tertiary/aromatic N) is 2. The summed E-state index contributed by atoms with van der Waals surface area (Å²) in [5.74, 6) is -0.763. The van der Waals surface area contributed by atoms with E-state index < -0.39 is 6.04 Å². The van der Waals surface area contributed by atoms with Crippen molar-refractivity contribution in [1.29, 1.82) is 0 Å². The zero-order chi connectivity index (χ0) is 23.1. The number of nitrogens with one attached hydrogen (secondary N) is 2. The Bertz CT molecular complexity index is 1130. The summed E-state index contributed by atoms with van der Waals surface area (Å²) in [5.41, 5.74) is 6.75. The lowest BCUT2D eigenvalue weighted by atomic mass is 9.94. The molecule has 2 unspecified atom stereocenters. The molecule has 3 amide bonds. The minimum atomic E-state index is -0.577. The fourth-order valence-corrected chi connectivity index (χ4v) is 5.35. The van der Waals surface area contributed by atoms with Gasteiger partial charge in [0.25, 0.3) is 5.91 Å². The Morgan fingerprint density at radius 2 is 1.79 bits per heavy atom. The lowest BCUT2D eigenvalue weighted by Gasteiger charge is -2.37. The first-order chi connectivity index (χ1) is 15.9. The Hall–Kier alpha value is -3.19. The molecule has 1 saturated heterocycles. The first kappa shape index (κ1) is 21.6. The number of fused-ring (bicyclic) bond motifs is 2. The van der Waals surface area contributed by atoms with E-state index in [4.69, 9.17) is 0 Å². The van der Waals surface area contributed by atoms with Crippen molar-refractivity contribution in [2.45, 2.75) is 64.3 Å². The molecule has 0 saturated carbocycles. The lowest BCUT2D eigenvalue weighted by molar-refractivity contribution is -0.136. The molecule has 0 bridgehead atoms. The normalized spacial score (nSPS) is 22.3. The van der Waals surface area contributed by atoms with Crippen LogP contribution in [0.2, 0.25) is 0 Å². The van der Waals surface area contributed by atoms with E-state index in [0.29, 0.717) is 24.6 Å². The van der Waals surface area contributed by atoms with Crippen LogP contribution in [0.5, 0.6) is 0 Å². The third-order valence-electron chi connectivity index (χ3n) is 7.14. The highest BCUT2D eigenvalue weighted by Gasteiger charge is 2.39. The number of hydrogen-bond acceptors (Lipinski definition) is 5. The van der Waals surface area contributed by atoms with E-state index in [-0.39, 0.29) is 24.1 Å². The van der Waals surface area contributed by atoms with E-state index in [1.165, 1.54) is 16.8 Å². The third kappa shape index (κ3) is 4.02. The Balaban J connectivity index is 1.36. The Labute approximate surface area is 194 Å². The summed E-state index contributed by atoms with van der Waals surface area (Å²) >= 11 is 0. The molecule has 3 aliphatic heterocycles. The summed E-state index contributed by atoms with van der Waals surface area (Å²) in [7, 11) is 1.97. The smallest absolute Gasteiger partial charge is 0.255 e. The van der Waals surface area contributed by atoms with Crippen molar-refractivity contribution >= 4 is 23.4 Å². The van der Waals surface area contributed by atoms with Gasteiger partial charge in [-0.25, -0.2) is 0 Å². The van der Waals surface area contributed by atoms with Gasteiger partial charge in [0.15, 0.2) is 0 Å². The molecule has 2 atom stereocenters. The quantitative estimate of drug-likeness (QED) is 0.690. The van der Waals surface area contributed by atoms with Gasteiger partial charge in [0.05, 0.1) is 0 Å². The largest absolute Gasteiger partial charge is 0.364 e. The van der Waals surface area contributed by atoms with Crippen LogP contribution in [0.3, 0.4) is 0 Å². The lowest BCUT2D eigenvalue weighted by Crippen LogP contribution is -2.52. The number of piperidine rings is 1. The Morgan fingerprint density at radius 3 is 2.58 bits per heavy atom. The van der Waals surface area contributed by atoms with Gasteiger partial charge in [0, 0.05) is 43.3 Å². The Kier molecular flexibility index (Phi) is 5.66. The minimum absolute atomic E-state index is 0.125. The molecule has 2 aromatic carbocycles. The van der Waals surface area contributed by atoms with Crippen molar-refractivity contribution < 1.29 is 14.4 Å². The molecule has 0 aromatic heterocycles. The molecule has 7 nitrogen and oxygen atoms in total. The van der Waals surface area contributed by atoms with Gasteiger partial charge in [-0.3, -0.25) is 19.7 Å². The van der Waals surface area contributed by atoms with Crippen LogP contribution < -0.4 is 15.5 Å². The summed E-state index contributed by atoms with van der Waals surface area (Å²) in [6.45, 7) is 4.32. The van der Waals surface area contributed by atoms with Gasteiger partial charge in [-0.1, -0.05) is 24.3 Å². The minimum Gasteiger partial charge on any atom is -0.364 e.